The molecule has 17 heavy (non-hydrogen) atoms. The molecule has 1 aliphatic heterocycles. The topological polar surface area (TPSA) is 49.4 Å². The number of piperazine rings is 1. The third-order valence-corrected chi connectivity index (χ3v) is 3.07. The van der Waals surface area contributed by atoms with E-state index >= 15 is 0 Å². The molecule has 0 radical (unpaired) electrons. The lowest BCUT2D eigenvalue weighted by atomic mass is 10.1. The second kappa shape index (κ2) is 4.57. The lowest BCUT2D eigenvalue weighted by Crippen LogP contribution is -2.57. The van der Waals surface area contributed by atoms with Gasteiger partial charge in [-0.25, -0.2) is 0 Å². The summed E-state index contributed by atoms with van der Waals surface area (Å²) < 4.78 is 0. The monoisotopic (exact) mass is 232 g/mol. The van der Waals surface area contributed by atoms with Gasteiger partial charge < -0.3 is 5.32 Å². The molecule has 0 bridgehead atoms. The average Bonchev–Trinajstić information content (AvgIpc) is 2.35. The van der Waals surface area contributed by atoms with Gasteiger partial charge in [0, 0.05) is 5.69 Å². The van der Waals surface area contributed by atoms with E-state index in [9.17, 15) is 9.59 Å². The van der Waals surface area contributed by atoms with Gasteiger partial charge in [0.25, 0.3) is 0 Å². The van der Waals surface area contributed by atoms with Gasteiger partial charge in [-0.3, -0.25) is 14.5 Å². The normalized spacial score (nSPS) is 20.4. The Bertz CT molecular complexity index is 439. The van der Waals surface area contributed by atoms with Crippen molar-refractivity contribution in [3.05, 3.63) is 29.8 Å². The summed E-state index contributed by atoms with van der Waals surface area (Å²) in [5.41, 5.74) is 2.00. The van der Waals surface area contributed by atoms with Crippen molar-refractivity contribution < 1.29 is 9.59 Å². The van der Waals surface area contributed by atoms with E-state index in [0.29, 0.717) is 0 Å². The third kappa shape index (κ3) is 2.16. The minimum Gasteiger partial charge on any atom is -0.345 e. The molecule has 90 valence electrons. The predicted molar refractivity (Wildman–Crippen MR) is 65.8 cm³/mol. The molecule has 0 saturated carbocycles. The molecular formula is C13H16N2O2. The smallest absolute Gasteiger partial charge is 0.247 e. The summed E-state index contributed by atoms with van der Waals surface area (Å²) >= 11 is 0. The van der Waals surface area contributed by atoms with Gasteiger partial charge >= 0.3 is 0 Å². The first-order chi connectivity index (χ1) is 8.13. The highest BCUT2D eigenvalue weighted by Gasteiger charge is 2.31. The van der Waals surface area contributed by atoms with Crippen LogP contribution >= 0.6 is 0 Å². The van der Waals surface area contributed by atoms with Crippen LogP contribution in [0.1, 0.15) is 19.4 Å². The molecule has 0 aliphatic carbocycles. The van der Waals surface area contributed by atoms with E-state index in [-0.39, 0.29) is 18.4 Å². The molecule has 1 unspecified atom stereocenters. The molecule has 4 nitrogen and oxygen atoms in total. The van der Waals surface area contributed by atoms with Crippen LogP contribution in [0.25, 0.3) is 0 Å². The Morgan fingerprint density at radius 2 is 1.94 bits per heavy atom. The van der Waals surface area contributed by atoms with Gasteiger partial charge in [-0.05, 0) is 31.0 Å². The number of nitrogens with zero attached hydrogens (tertiary/aromatic N) is 1. The Morgan fingerprint density at radius 1 is 1.29 bits per heavy atom. The zero-order valence-electron chi connectivity index (χ0n) is 10.1. The largest absolute Gasteiger partial charge is 0.345 e. The SMILES string of the molecule is CCc1ccc(N2C(=O)CNC(=O)C2C)cc1. The van der Waals surface area contributed by atoms with Gasteiger partial charge in [0.2, 0.25) is 11.8 Å². The maximum atomic E-state index is 11.8. The van der Waals surface area contributed by atoms with Crippen LogP contribution in [0, 0.1) is 0 Å². The maximum absolute atomic E-state index is 11.8. The highest BCUT2D eigenvalue weighted by atomic mass is 16.2. The van der Waals surface area contributed by atoms with E-state index in [4.69, 9.17) is 0 Å². The number of anilines is 1. The predicted octanol–water partition coefficient (Wildman–Crippen LogP) is 1.10. The Morgan fingerprint density at radius 3 is 2.53 bits per heavy atom. The molecule has 0 spiro atoms. The summed E-state index contributed by atoms with van der Waals surface area (Å²) in [7, 11) is 0. The number of carbonyl (C=O) groups excluding carboxylic acids is 2. The summed E-state index contributed by atoms with van der Waals surface area (Å²) in [6, 6.07) is 7.32. The second-order valence-electron chi connectivity index (χ2n) is 4.18. The summed E-state index contributed by atoms with van der Waals surface area (Å²) in [4.78, 5) is 24.9. The van der Waals surface area contributed by atoms with Gasteiger partial charge in [0.05, 0.1) is 6.54 Å². The summed E-state index contributed by atoms with van der Waals surface area (Å²) in [5.74, 6) is -0.175. The lowest BCUT2D eigenvalue weighted by Gasteiger charge is -2.32. The van der Waals surface area contributed by atoms with Crippen LogP contribution in [0.2, 0.25) is 0 Å². The van der Waals surface area contributed by atoms with Crippen molar-refractivity contribution in [2.24, 2.45) is 0 Å². The molecule has 1 aliphatic rings. The van der Waals surface area contributed by atoms with Gasteiger partial charge in [0.1, 0.15) is 6.04 Å². The van der Waals surface area contributed by atoms with Crippen molar-refractivity contribution >= 4 is 17.5 Å². The number of aryl methyl sites for hydroxylation is 1. The van der Waals surface area contributed by atoms with E-state index in [1.165, 1.54) is 5.56 Å². The van der Waals surface area contributed by atoms with Crippen LogP contribution in [0.5, 0.6) is 0 Å². The summed E-state index contributed by atoms with van der Waals surface area (Å²) in [6.07, 6.45) is 0.963. The number of benzene rings is 1. The second-order valence-corrected chi connectivity index (χ2v) is 4.18. The number of carbonyl (C=O) groups is 2. The first-order valence-corrected chi connectivity index (χ1v) is 5.82. The fourth-order valence-electron chi connectivity index (χ4n) is 1.99. The van der Waals surface area contributed by atoms with Crippen LogP contribution in [0.3, 0.4) is 0 Å². The van der Waals surface area contributed by atoms with E-state index < -0.39 is 6.04 Å². The number of rotatable bonds is 2. The molecule has 1 aromatic carbocycles. The lowest BCUT2D eigenvalue weighted by molar-refractivity contribution is -0.130. The van der Waals surface area contributed by atoms with Crippen molar-refractivity contribution in [3.63, 3.8) is 0 Å². The van der Waals surface area contributed by atoms with Gasteiger partial charge in [-0.15, -0.1) is 0 Å². The summed E-state index contributed by atoms with van der Waals surface area (Å²) in [5, 5.41) is 2.57. The zero-order chi connectivity index (χ0) is 12.4. The maximum Gasteiger partial charge on any atom is 0.247 e. The van der Waals surface area contributed by atoms with Crippen LogP contribution in [0.4, 0.5) is 5.69 Å². The Hall–Kier alpha value is -1.84. The molecule has 1 heterocycles. The van der Waals surface area contributed by atoms with Crippen molar-refractivity contribution in [1.82, 2.24) is 5.32 Å². The van der Waals surface area contributed by atoms with Crippen molar-refractivity contribution in [2.45, 2.75) is 26.3 Å². The standard InChI is InChI=1S/C13H16N2O2/c1-3-10-4-6-11(7-5-10)15-9(2)13(17)14-8-12(15)16/h4-7,9H,3,8H2,1-2H3,(H,14,17). The molecule has 1 fully saturated rings. The molecule has 1 saturated heterocycles. The molecule has 2 amide bonds. The zero-order valence-corrected chi connectivity index (χ0v) is 10.1. The molecule has 2 rings (SSSR count). The van der Waals surface area contributed by atoms with E-state index in [1.54, 1.807) is 11.8 Å². The van der Waals surface area contributed by atoms with Crippen LogP contribution in [-0.2, 0) is 16.0 Å². The van der Waals surface area contributed by atoms with E-state index in [2.05, 4.69) is 12.2 Å². The summed E-state index contributed by atoms with van der Waals surface area (Å²) in [6.45, 7) is 3.90. The molecular weight excluding hydrogens is 216 g/mol. The number of nitrogens with one attached hydrogen (secondary N) is 1. The van der Waals surface area contributed by atoms with Gasteiger partial charge in [-0.1, -0.05) is 19.1 Å². The molecule has 0 aromatic heterocycles. The quantitative estimate of drug-likeness (QED) is 0.830. The van der Waals surface area contributed by atoms with Crippen LogP contribution < -0.4 is 10.2 Å². The minimum atomic E-state index is -0.441. The Balaban J connectivity index is 2.29. The highest BCUT2D eigenvalue weighted by Crippen LogP contribution is 2.20. The van der Waals surface area contributed by atoms with Gasteiger partial charge in [-0.2, -0.15) is 0 Å². The minimum absolute atomic E-state index is 0.0682. The molecule has 1 aromatic rings. The van der Waals surface area contributed by atoms with Crippen molar-refractivity contribution in [1.29, 1.82) is 0 Å². The van der Waals surface area contributed by atoms with Crippen LogP contribution in [-0.4, -0.2) is 24.4 Å². The number of hydrogen-bond donors (Lipinski definition) is 1. The first-order valence-electron chi connectivity index (χ1n) is 5.82. The fourth-order valence-corrected chi connectivity index (χ4v) is 1.99. The Labute approximate surface area is 101 Å². The third-order valence-electron chi connectivity index (χ3n) is 3.07. The van der Waals surface area contributed by atoms with Crippen LogP contribution in [0.15, 0.2) is 24.3 Å². The first kappa shape index (κ1) is 11.6. The van der Waals surface area contributed by atoms with Gasteiger partial charge in [0.15, 0.2) is 0 Å². The highest BCUT2D eigenvalue weighted by molar-refractivity contribution is 6.06. The fraction of sp³-hybridized carbons (Fsp3) is 0.385. The number of amides is 2. The molecule has 4 heteroatoms. The van der Waals surface area contributed by atoms with E-state index in [1.807, 2.05) is 24.3 Å². The van der Waals surface area contributed by atoms with E-state index in [0.717, 1.165) is 12.1 Å². The number of hydrogen-bond acceptors (Lipinski definition) is 2. The van der Waals surface area contributed by atoms with Crippen molar-refractivity contribution in [2.75, 3.05) is 11.4 Å². The molecule has 1 atom stereocenters. The average molecular weight is 232 g/mol. The van der Waals surface area contributed by atoms with Crippen molar-refractivity contribution in [3.8, 4) is 0 Å². The Kier molecular flexibility index (Phi) is 3.13. The molecule has 1 N–H and O–H groups in total.